The summed E-state index contributed by atoms with van der Waals surface area (Å²) in [6, 6.07) is 10.1. The van der Waals surface area contributed by atoms with Crippen molar-refractivity contribution in [2.75, 3.05) is 31.2 Å². The molecule has 180 valence electrons. The molecule has 5 rings (SSSR count). The molecule has 3 N–H and O–H groups in total. The number of amides is 1. The number of hydrogen-bond donors (Lipinski definition) is 2. The molecule has 1 aliphatic heterocycles. The number of fused-ring (bicyclic) bond motifs is 1. The number of carbonyl (C=O) groups excluding carboxylic acids is 1. The molecular formula is C24H24ClN7O3. The number of pyridine rings is 1. The minimum Gasteiger partial charge on any atom is -0.422 e. The van der Waals surface area contributed by atoms with Crippen LogP contribution >= 0.6 is 11.6 Å². The molecule has 0 saturated carbocycles. The first-order valence-electron chi connectivity index (χ1n) is 11.1. The Morgan fingerprint density at radius 3 is 2.49 bits per heavy atom. The van der Waals surface area contributed by atoms with Gasteiger partial charge in [0.2, 0.25) is 5.91 Å². The zero-order chi connectivity index (χ0) is 24.6. The van der Waals surface area contributed by atoms with Crippen LogP contribution < -0.4 is 15.4 Å². The third-order valence-electron chi connectivity index (χ3n) is 5.94. The molecule has 0 unspecified atom stereocenters. The number of ether oxygens (including phenoxy) is 2. The van der Waals surface area contributed by atoms with Crippen LogP contribution in [-0.4, -0.2) is 57.1 Å². The molecule has 1 saturated heterocycles. The number of primary amides is 1. The second kappa shape index (κ2) is 9.12. The number of rotatable bonds is 6. The second-order valence-corrected chi connectivity index (χ2v) is 9.12. The third-order valence-corrected chi connectivity index (χ3v) is 6.23. The fourth-order valence-corrected chi connectivity index (χ4v) is 3.97. The first kappa shape index (κ1) is 23.0. The molecule has 4 heterocycles. The van der Waals surface area contributed by atoms with Gasteiger partial charge in [-0.2, -0.15) is 4.98 Å². The first-order chi connectivity index (χ1) is 16.8. The number of imidazole rings is 1. The Morgan fingerprint density at radius 2 is 1.83 bits per heavy atom. The van der Waals surface area contributed by atoms with Crippen LogP contribution in [-0.2, 0) is 14.9 Å². The number of carbonyl (C=O) groups is 1. The molecule has 4 aromatic rings. The number of aromatic amines is 1. The van der Waals surface area contributed by atoms with Crippen LogP contribution in [0.5, 0.6) is 11.8 Å². The van der Waals surface area contributed by atoms with Gasteiger partial charge in [-0.25, -0.2) is 15.0 Å². The fraction of sp³-hybridized carbons (Fsp3) is 0.292. The third kappa shape index (κ3) is 4.62. The monoisotopic (exact) mass is 493 g/mol. The summed E-state index contributed by atoms with van der Waals surface area (Å²) in [5, 5.41) is 0.494. The van der Waals surface area contributed by atoms with Gasteiger partial charge in [0.05, 0.1) is 41.8 Å². The number of morpholine rings is 1. The summed E-state index contributed by atoms with van der Waals surface area (Å²) in [4.78, 5) is 34.4. The molecule has 10 nitrogen and oxygen atoms in total. The van der Waals surface area contributed by atoms with Gasteiger partial charge in [0.25, 0.3) is 0 Å². The number of nitrogens with zero attached hydrogens (tertiary/aromatic N) is 5. The van der Waals surface area contributed by atoms with E-state index in [0.29, 0.717) is 33.5 Å². The standard InChI is InChI=1S/C24H24ClN7O3/c1-24(2,21(26)33)22-27-12-16(13-28-22)35-23-29-18-11-17(25)19(30-20(18)31-23)14-3-5-15(6-4-14)32-7-9-34-10-8-32/h3-6,11-13H,7-10H2,1-2H3,(H2,26,33)(H,29,30,31). The number of anilines is 1. The number of H-pyrrole nitrogens is 1. The maximum absolute atomic E-state index is 11.6. The van der Waals surface area contributed by atoms with E-state index in [4.69, 9.17) is 26.8 Å². The van der Waals surface area contributed by atoms with Crippen LogP contribution in [0.25, 0.3) is 22.4 Å². The predicted octanol–water partition coefficient (Wildman–Crippen LogP) is 3.46. The van der Waals surface area contributed by atoms with E-state index in [9.17, 15) is 4.79 Å². The minimum atomic E-state index is -0.991. The Hall–Kier alpha value is -3.76. The highest BCUT2D eigenvalue weighted by Crippen LogP contribution is 2.31. The van der Waals surface area contributed by atoms with Crippen molar-refractivity contribution in [3.63, 3.8) is 0 Å². The number of halogens is 1. The van der Waals surface area contributed by atoms with Crippen LogP contribution in [0.2, 0.25) is 5.02 Å². The fourth-order valence-electron chi connectivity index (χ4n) is 3.71. The zero-order valence-corrected chi connectivity index (χ0v) is 20.0. The maximum Gasteiger partial charge on any atom is 0.301 e. The van der Waals surface area contributed by atoms with Gasteiger partial charge in [-0.15, -0.1) is 0 Å². The first-order valence-corrected chi connectivity index (χ1v) is 11.5. The molecular weight excluding hydrogens is 470 g/mol. The summed E-state index contributed by atoms with van der Waals surface area (Å²) in [6.45, 7) is 6.53. The lowest BCUT2D eigenvalue weighted by Crippen LogP contribution is -2.37. The van der Waals surface area contributed by atoms with Gasteiger partial charge in [-0.1, -0.05) is 23.7 Å². The Kier molecular flexibility index (Phi) is 6.00. The van der Waals surface area contributed by atoms with Crippen molar-refractivity contribution in [3.05, 3.63) is 53.6 Å². The van der Waals surface area contributed by atoms with Gasteiger partial charge < -0.3 is 25.1 Å². The molecule has 0 aliphatic carbocycles. The zero-order valence-electron chi connectivity index (χ0n) is 19.3. The number of benzene rings is 1. The molecule has 1 aromatic carbocycles. The molecule has 0 spiro atoms. The number of aromatic nitrogens is 5. The van der Waals surface area contributed by atoms with Crippen molar-refractivity contribution in [3.8, 4) is 23.0 Å². The van der Waals surface area contributed by atoms with Crippen molar-refractivity contribution in [2.45, 2.75) is 19.3 Å². The second-order valence-electron chi connectivity index (χ2n) is 8.71. The van der Waals surface area contributed by atoms with Gasteiger partial charge in [-0.3, -0.25) is 4.79 Å². The Bertz CT molecular complexity index is 1360. The predicted molar refractivity (Wildman–Crippen MR) is 132 cm³/mol. The highest BCUT2D eigenvalue weighted by molar-refractivity contribution is 6.33. The van der Waals surface area contributed by atoms with Crippen molar-refractivity contribution >= 4 is 34.4 Å². The Labute approximate surface area is 206 Å². The van der Waals surface area contributed by atoms with E-state index in [2.05, 4.69) is 42.0 Å². The lowest BCUT2D eigenvalue weighted by molar-refractivity contribution is -0.122. The van der Waals surface area contributed by atoms with Gasteiger partial charge >= 0.3 is 6.01 Å². The normalized spacial score (nSPS) is 14.3. The van der Waals surface area contributed by atoms with Gasteiger partial charge in [0.15, 0.2) is 11.4 Å². The molecule has 3 aromatic heterocycles. The topological polar surface area (TPSA) is 132 Å². The molecule has 0 radical (unpaired) electrons. The minimum absolute atomic E-state index is 0.217. The molecule has 1 aliphatic rings. The summed E-state index contributed by atoms with van der Waals surface area (Å²) < 4.78 is 11.2. The quantitative estimate of drug-likeness (QED) is 0.417. The van der Waals surface area contributed by atoms with Gasteiger partial charge in [0, 0.05) is 24.3 Å². The summed E-state index contributed by atoms with van der Waals surface area (Å²) in [6.07, 6.45) is 2.92. The average Bonchev–Trinajstić information content (AvgIpc) is 3.25. The largest absolute Gasteiger partial charge is 0.422 e. The van der Waals surface area contributed by atoms with Crippen LogP contribution in [0.1, 0.15) is 19.7 Å². The SMILES string of the molecule is CC(C)(C(N)=O)c1ncc(Oc2nc3nc(-c4ccc(N5CCOCC5)cc4)c(Cl)cc3[nH]2)cn1. The van der Waals surface area contributed by atoms with E-state index >= 15 is 0 Å². The van der Waals surface area contributed by atoms with Crippen molar-refractivity contribution in [1.82, 2.24) is 24.9 Å². The molecule has 0 bridgehead atoms. The highest BCUT2D eigenvalue weighted by Gasteiger charge is 2.30. The molecule has 0 atom stereocenters. The Balaban J connectivity index is 1.36. The molecule has 1 fully saturated rings. The van der Waals surface area contributed by atoms with E-state index < -0.39 is 11.3 Å². The maximum atomic E-state index is 11.6. The number of hydrogen-bond acceptors (Lipinski definition) is 8. The molecule has 35 heavy (non-hydrogen) atoms. The van der Waals surface area contributed by atoms with Crippen LogP contribution in [0.3, 0.4) is 0 Å². The van der Waals surface area contributed by atoms with Gasteiger partial charge in [-0.05, 0) is 32.0 Å². The van der Waals surface area contributed by atoms with E-state index in [1.807, 2.05) is 12.1 Å². The lowest BCUT2D eigenvalue weighted by atomic mass is 9.92. The summed E-state index contributed by atoms with van der Waals surface area (Å²) in [5.74, 6) is 0.135. The number of nitrogens with two attached hydrogens (primary N) is 1. The van der Waals surface area contributed by atoms with Gasteiger partial charge in [0.1, 0.15) is 11.2 Å². The summed E-state index contributed by atoms with van der Waals surface area (Å²) in [7, 11) is 0. The smallest absolute Gasteiger partial charge is 0.301 e. The van der Waals surface area contributed by atoms with Crippen molar-refractivity contribution < 1.29 is 14.3 Å². The molecule has 11 heteroatoms. The highest BCUT2D eigenvalue weighted by atomic mass is 35.5. The van der Waals surface area contributed by atoms with Crippen LogP contribution in [0, 0.1) is 0 Å². The van der Waals surface area contributed by atoms with E-state index in [0.717, 1.165) is 37.6 Å². The van der Waals surface area contributed by atoms with E-state index in [1.54, 1.807) is 19.9 Å². The van der Waals surface area contributed by atoms with Crippen molar-refractivity contribution in [1.29, 1.82) is 0 Å². The molecule has 1 amide bonds. The van der Waals surface area contributed by atoms with E-state index in [1.165, 1.54) is 12.4 Å². The van der Waals surface area contributed by atoms with Crippen molar-refractivity contribution in [2.24, 2.45) is 5.73 Å². The van der Waals surface area contributed by atoms with E-state index in [-0.39, 0.29) is 6.01 Å². The average molecular weight is 494 g/mol. The summed E-state index contributed by atoms with van der Waals surface area (Å²) >= 11 is 6.55. The van der Waals surface area contributed by atoms with Crippen LogP contribution in [0.4, 0.5) is 5.69 Å². The lowest BCUT2D eigenvalue weighted by Gasteiger charge is -2.28. The Morgan fingerprint density at radius 1 is 1.14 bits per heavy atom. The van der Waals surface area contributed by atoms with Crippen LogP contribution in [0.15, 0.2) is 42.7 Å². The summed E-state index contributed by atoms with van der Waals surface area (Å²) in [5.41, 5.74) is 8.18. The number of nitrogens with one attached hydrogen (secondary N) is 1.